The van der Waals surface area contributed by atoms with E-state index in [0.717, 1.165) is 12.4 Å². The summed E-state index contributed by atoms with van der Waals surface area (Å²) in [5, 5.41) is 6.59. The first-order chi connectivity index (χ1) is 7.88. The number of nitrogens with zero attached hydrogens (tertiary/aromatic N) is 2. The van der Waals surface area contributed by atoms with Gasteiger partial charge >= 0.3 is 0 Å². The Morgan fingerprint density at radius 2 is 2.50 bits per heavy atom. The van der Waals surface area contributed by atoms with Gasteiger partial charge in [0, 0.05) is 24.5 Å². The molecule has 16 heavy (non-hydrogen) atoms. The molecule has 1 aliphatic rings. The molecule has 0 aliphatic carbocycles. The molecule has 1 aliphatic heterocycles. The lowest BCUT2D eigenvalue weighted by molar-refractivity contribution is 0.682. The summed E-state index contributed by atoms with van der Waals surface area (Å²) < 4.78 is 0. The van der Waals surface area contributed by atoms with Gasteiger partial charge in [-0.2, -0.15) is 16.7 Å². The highest BCUT2D eigenvalue weighted by atomic mass is 32.2. The Morgan fingerprint density at radius 1 is 1.56 bits per heavy atom. The van der Waals surface area contributed by atoms with Crippen molar-refractivity contribution < 1.29 is 0 Å². The third-order valence-corrected chi connectivity index (χ3v) is 3.72. The van der Waals surface area contributed by atoms with Gasteiger partial charge in [0.1, 0.15) is 5.82 Å². The second-order valence-corrected chi connectivity index (χ2v) is 5.00. The normalized spacial score (nSPS) is 20.4. The molecular formula is C11H18N4S. The second-order valence-electron chi connectivity index (χ2n) is 3.85. The van der Waals surface area contributed by atoms with Crippen LogP contribution in [0.4, 0.5) is 11.8 Å². The van der Waals surface area contributed by atoms with Crippen molar-refractivity contribution in [3.8, 4) is 0 Å². The molecule has 0 radical (unpaired) electrons. The minimum Gasteiger partial charge on any atom is -0.366 e. The molecule has 0 saturated carbocycles. The van der Waals surface area contributed by atoms with Gasteiger partial charge in [-0.3, -0.25) is 0 Å². The van der Waals surface area contributed by atoms with E-state index in [2.05, 4.69) is 20.6 Å². The van der Waals surface area contributed by atoms with Crippen LogP contribution in [0.1, 0.15) is 19.8 Å². The Balaban J connectivity index is 1.94. The molecule has 5 heteroatoms. The maximum Gasteiger partial charge on any atom is 0.224 e. The van der Waals surface area contributed by atoms with Gasteiger partial charge in [-0.05, 0) is 31.6 Å². The highest BCUT2D eigenvalue weighted by Gasteiger charge is 2.13. The summed E-state index contributed by atoms with van der Waals surface area (Å²) in [5.74, 6) is 4.11. The molecule has 2 N–H and O–H groups in total. The molecule has 1 atom stereocenters. The van der Waals surface area contributed by atoms with Gasteiger partial charge in [-0.15, -0.1) is 0 Å². The molecule has 2 heterocycles. The van der Waals surface area contributed by atoms with E-state index < -0.39 is 0 Å². The van der Waals surface area contributed by atoms with E-state index in [-0.39, 0.29) is 0 Å². The Morgan fingerprint density at radius 3 is 3.25 bits per heavy atom. The monoisotopic (exact) mass is 238 g/mol. The quantitative estimate of drug-likeness (QED) is 0.842. The van der Waals surface area contributed by atoms with Crippen LogP contribution < -0.4 is 10.6 Å². The SMILES string of the molecule is CCNc1nccc(NC2CCCSC2)n1. The Labute approximate surface area is 101 Å². The zero-order chi connectivity index (χ0) is 11.2. The van der Waals surface area contributed by atoms with Gasteiger partial charge in [0.2, 0.25) is 5.95 Å². The van der Waals surface area contributed by atoms with E-state index in [1.54, 1.807) is 6.20 Å². The number of hydrogen-bond donors (Lipinski definition) is 2. The lowest BCUT2D eigenvalue weighted by atomic mass is 10.2. The summed E-state index contributed by atoms with van der Waals surface area (Å²) in [6.45, 7) is 2.89. The molecule has 1 fully saturated rings. The van der Waals surface area contributed by atoms with Crippen LogP contribution in [0.5, 0.6) is 0 Å². The highest BCUT2D eigenvalue weighted by molar-refractivity contribution is 7.99. The summed E-state index contributed by atoms with van der Waals surface area (Å²) in [5.41, 5.74) is 0. The van der Waals surface area contributed by atoms with Gasteiger partial charge in [0.25, 0.3) is 0 Å². The number of nitrogens with one attached hydrogen (secondary N) is 2. The summed E-state index contributed by atoms with van der Waals surface area (Å²) in [6, 6.07) is 2.49. The van der Waals surface area contributed by atoms with Crippen LogP contribution in [-0.4, -0.2) is 34.1 Å². The van der Waals surface area contributed by atoms with Crippen molar-refractivity contribution in [1.29, 1.82) is 0 Å². The second kappa shape index (κ2) is 5.94. The van der Waals surface area contributed by atoms with Crippen molar-refractivity contribution in [1.82, 2.24) is 9.97 Å². The Bertz CT molecular complexity index is 326. The smallest absolute Gasteiger partial charge is 0.224 e. The van der Waals surface area contributed by atoms with Crippen LogP contribution in [0, 0.1) is 0 Å². The van der Waals surface area contributed by atoms with Gasteiger partial charge in [-0.1, -0.05) is 0 Å². The molecule has 1 unspecified atom stereocenters. The van der Waals surface area contributed by atoms with Crippen LogP contribution in [0.15, 0.2) is 12.3 Å². The Kier molecular flexibility index (Phi) is 4.27. The number of aromatic nitrogens is 2. The summed E-state index contributed by atoms with van der Waals surface area (Å²) >= 11 is 2.02. The summed E-state index contributed by atoms with van der Waals surface area (Å²) in [7, 11) is 0. The summed E-state index contributed by atoms with van der Waals surface area (Å²) in [4.78, 5) is 8.57. The van der Waals surface area contributed by atoms with E-state index in [1.165, 1.54) is 24.3 Å². The van der Waals surface area contributed by atoms with Crippen molar-refractivity contribution >= 4 is 23.5 Å². The molecule has 0 aromatic carbocycles. The fourth-order valence-electron chi connectivity index (χ4n) is 1.75. The standard InChI is InChI=1S/C11H18N4S/c1-2-12-11-13-6-5-10(15-11)14-9-4-3-7-16-8-9/h5-6,9H,2-4,7-8H2,1H3,(H2,12,13,14,15). The first-order valence-electron chi connectivity index (χ1n) is 5.79. The van der Waals surface area contributed by atoms with Crippen molar-refractivity contribution in [2.45, 2.75) is 25.8 Å². The molecule has 0 spiro atoms. The first kappa shape index (κ1) is 11.5. The van der Waals surface area contributed by atoms with E-state index in [4.69, 9.17) is 0 Å². The van der Waals surface area contributed by atoms with Crippen molar-refractivity contribution in [2.24, 2.45) is 0 Å². The maximum atomic E-state index is 4.41. The van der Waals surface area contributed by atoms with E-state index >= 15 is 0 Å². The average Bonchev–Trinajstić information content (AvgIpc) is 2.31. The minimum absolute atomic E-state index is 0.558. The van der Waals surface area contributed by atoms with Gasteiger partial charge in [-0.25, -0.2) is 4.98 Å². The third-order valence-electron chi connectivity index (χ3n) is 2.50. The number of rotatable bonds is 4. The van der Waals surface area contributed by atoms with Gasteiger partial charge in [0.15, 0.2) is 0 Å². The number of anilines is 2. The molecule has 2 rings (SSSR count). The van der Waals surface area contributed by atoms with Crippen LogP contribution in [0.25, 0.3) is 0 Å². The topological polar surface area (TPSA) is 49.8 Å². The average molecular weight is 238 g/mol. The van der Waals surface area contributed by atoms with Gasteiger partial charge in [0.05, 0.1) is 0 Å². The number of thioether (sulfide) groups is 1. The molecule has 88 valence electrons. The zero-order valence-electron chi connectivity index (χ0n) is 9.57. The minimum atomic E-state index is 0.558. The van der Waals surface area contributed by atoms with E-state index in [1.807, 2.05) is 24.8 Å². The number of hydrogen-bond acceptors (Lipinski definition) is 5. The molecule has 4 nitrogen and oxygen atoms in total. The Hall–Kier alpha value is -0.970. The zero-order valence-corrected chi connectivity index (χ0v) is 10.4. The van der Waals surface area contributed by atoms with Crippen molar-refractivity contribution in [3.05, 3.63) is 12.3 Å². The van der Waals surface area contributed by atoms with Crippen LogP contribution in [-0.2, 0) is 0 Å². The summed E-state index contributed by atoms with van der Waals surface area (Å²) in [6.07, 6.45) is 4.34. The third kappa shape index (κ3) is 3.27. The molecule has 1 aromatic rings. The van der Waals surface area contributed by atoms with Crippen LogP contribution in [0.2, 0.25) is 0 Å². The molecule has 1 aromatic heterocycles. The van der Waals surface area contributed by atoms with Crippen molar-refractivity contribution in [3.63, 3.8) is 0 Å². The predicted octanol–water partition coefficient (Wildman–Crippen LogP) is 2.22. The van der Waals surface area contributed by atoms with Crippen molar-refractivity contribution in [2.75, 3.05) is 28.7 Å². The lowest BCUT2D eigenvalue weighted by Gasteiger charge is -2.22. The predicted molar refractivity (Wildman–Crippen MR) is 70.2 cm³/mol. The molecule has 0 bridgehead atoms. The van der Waals surface area contributed by atoms with Crippen LogP contribution >= 0.6 is 11.8 Å². The molecule has 1 saturated heterocycles. The largest absolute Gasteiger partial charge is 0.366 e. The van der Waals surface area contributed by atoms with Gasteiger partial charge < -0.3 is 10.6 Å². The fourth-order valence-corrected chi connectivity index (χ4v) is 2.82. The lowest BCUT2D eigenvalue weighted by Crippen LogP contribution is -2.26. The molecule has 0 amide bonds. The van der Waals surface area contributed by atoms with Crippen LogP contribution in [0.3, 0.4) is 0 Å². The fraction of sp³-hybridized carbons (Fsp3) is 0.636. The highest BCUT2D eigenvalue weighted by Crippen LogP contribution is 2.20. The van der Waals surface area contributed by atoms with E-state index in [9.17, 15) is 0 Å². The molecular weight excluding hydrogens is 220 g/mol. The first-order valence-corrected chi connectivity index (χ1v) is 6.95. The maximum absolute atomic E-state index is 4.41. The van der Waals surface area contributed by atoms with E-state index in [0.29, 0.717) is 12.0 Å².